The molecule has 1 N–H and O–H groups in total. The van der Waals surface area contributed by atoms with E-state index in [1.165, 1.54) is 12.5 Å². The minimum atomic E-state index is -0.294. The van der Waals surface area contributed by atoms with E-state index in [0.717, 1.165) is 35.8 Å². The molecule has 2 rings (SSSR count). The molecule has 0 radical (unpaired) electrons. The summed E-state index contributed by atoms with van der Waals surface area (Å²) in [5.41, 5.74) is 0.729. The van der Waals surface area contributed by atoms with Gasteiger partial charge in [-0.15, -0.1) is 0 Å². The van der Waals surface area contributed by atoms with Gasteiger partial charge in [0.15, 0.2) is 0 Å². The molecule has 2 atom stereocenters. The largest absolute Gasteiger partial charge is 0.393 e. The fraction of sp³-hybridized carbons (Fsp3) is 0.600. The van der Waals surface area contributed by atoms with E-state index in [0.29, 0.717) is 12.6 Å². The second-order valence-electron chi connectivity index (χ2n) is 5.44. The molecule has 1 aromatic rings. The predicted octanol–water partition coefficient (Wildman–Crippen LogP) is 3.71. The van der Waals surface area contributed by atoms with Crippen LogP contribution in [0.15, 0.2) is 22.7 Å². The minimum Gasteiger partial charge on any atom is -0.393 e. The summed E-state index contributed by atoms with van der Waals surface area (Å²) in [6.07, 6.45) is 3.94. The molecule has 1 aromatic carbocycles. The van der Waals surface area contributed by atoms with Gasteiger partial charge in [-0.3, -0.25) is 4.90 Å². The topological polar surface area (TPSA) is 23.5 Å². The van der Waals surface area contributed by atoms with Gasteiger partial charge in [-0.05, 0) is 50.9 Å². The van der Waals surface area contributed by atoms with Crippen LogP contribution in [-0.4, -0.2) is 28.7 Å². The van der Waals surface area contributed by atoms with E-state index in [1.54, 1.807) is 6.07 Å². The number of nitrogens with zero attached hydrogens (tertiary/aromatic N) is 1. The number of hydrogen-bond acceptors (Lipinski definition) is 2. The molecule has 1 fully saturated rings. The third kappa shape index (κ3) is 4.26. The molecule has 1 aliphatic heterocycles. The van der Waals surface area contributed by atoms with E-state index in [-0.39, 0.29) is 11.9 Å². The number of rotatable bonds is 4. The molecule has 1 heterocycles. The van der Waals surface area contributed by atoms with Crippen molar-refractivity contribution in [2.24, 2.45) is 0 Å². The van der Waals surface area contributed by atoms with E-state index in [2.05, 4.69) is 20.8 Å². The highest BCUT2D eigenvalue weighted by Crippen LogP contribution is 2.25. The zero-order valence-corrected chi connectivity index (χ0v) is 12.9. The smallest absolute Gasteiger partial charge is 0.127 e. The number of halogens is 2. The van der Waals surface area contributed by atoms with E-state index in [9.17, 15) is 9.50 Å². The molecule has 0 aliphatic carbocycles. The summed E-state index contributed by atoms with van der Waals surface area (Å²) in [6, 6.07) is 5.45. The number of likely N-dealkylation sites (tertiary alicyclic amines) is 1. The Hall–Kier alpha value is -0.450. The predicted molar refractivity (Wildman–Crippen MR) is 78.4 cm³/mol. The number of aliphatic hydroxyl groups is 1. The van der Waals surface area contributed by atoms with Gasteiger partial charge in [0.1, 0.15) is 5.82 Å². The summed E-state index contributed by atoms with van der Waals surface area (Å²) < 4.78 is 14.7. The Morgan fingerprint density at radius 2 is 2.26 bits per heavy atom. The van der Waals surface area contributed by atoms with Gasteiger partial charge < -0.3 is 5.11 Å². The van der Waals surface area contributed by atoms with Gasteiger partial charge in [0.2, 0.25) is 0 Å². The summed E-state index contributed by atoms with van der Waals surface area (Å²) >= 11 is 3.39. The lowest BCUT2D eigenvalue weighted by Gasteiger charge is -2.36. The van der Waals surface area contributed by atoms with Crippen LogP contribution in [0.25, 0.3) is 0 Å². The van der Waals surface area contributed by atoms with E-state index < -0.39 is 0 Å². The molecule has 2 unspecified atom stereocenters. The molecule has 19 heavy (non-hydrogen) atoms. The average Bonchev–Trinajstić information content (AvgIpc) is 2.35. The van der Waals surface area contributed by atoms with Crippen LogP contribution < -0.4 is 0 Å². The molecule has 2 nitrogen and oxygen atoms in total. The van der Waals surface area contributed by atoms with Crippen LogP contribution in [-0.2, 0) is 6.54 Å². The van der Waals surface area contributed by atoms with Crippen LogP contribution in [0.2, 0.25) is 0 Å². The molecular weight excluding hydrogens is 309 g/mol. The molecule has 1 saturated heterocycles. The van der Waals surface area contributed by atoms with Crippen LogP contribution in [0, 0.1) is 5.82 Å². The number of hydrogen-bond donors (Lipinski definition) is 1. The maximum absolute atomic E-state index is 13.8. The minimum absolute atomic E-state index is 0.149. The molecule has 0 amide bonds. The normalized spacial score (nSPS) is 22.4. The maximum Gasteiger partial charge on any atom is 0.127 e. The highest BCUT2D eigenvalue weighted by atomic mass is 79.9. The van der Waals surface area contributed by atoms with Gasteiger partial charge in [0.05, 0.1) is 6.10 Å². The Balaban J connectivity index is 2.08. The molecule has 4 heteroatoms. The first-order valence-electron chi connectivity index (χ1n) is 6.92. The molecular formula is C15H21BrFNO. The standard InChI is InChI=1S/C15H21BrFNO/c1-11(19)8-14-4-2-3-7-18(14)10-12-9-13(16)5-6-15(12)17/h5-6,9,11,14,19H,2-4,7-8,10H2,1H3. The third-order valence-electron chi connectivity index (χ3n) is 3.74. The van der Waals surface area contributed by atoms with Crippen molar-refractivity contribution in [1.29, 1.82) is 0 Å². The van der Waals surface area contributed by atoms with Crippen molar-refractivity contribution in [2.45, 2.75) is 51.3 Å². The van der Waals surface area contributed by atoms with Crippen molar-refractivity contribution in [1.82, 2.24) is 4.90 Å². The van der Waals surface area contributed by atoms with Gasteiger partial charge >= 0.3 is 0 Å². The van der Waals surface area contributed by atoms with Crippen molar-refractivity contribution in [3.05, 3.63) is 34.1 Å². The van der Waals surface area contributed by atoms with Crippen LogP contribution in [0.1, 0.15) is 38.2 Å². The number of benzene rings is 1. The molecule has 0 aromatic heterocycles. The van der Waals surface area contributed by atoms with Gasteiger partial charge in [-0.1, -0.05) is 22.4 Å². The Kier molecular flexibility index (Phi) is 5.37. The molecule has 1 aliphatic rings. The van der Waals surface area contributed by atoms with Crippen molar-refractivity contribution < 1.29 is 9.50 Å². The quantitative estimate of drug-likeness (QED) is 0.910. The lowest BCUT2D eigenvalue weighted by atomic mass is 9.96. The second kappa shape index (κ2) is 6.82. The Morgan fingerprint density at radius 1 is 1.47 bits per heavy atom. The fourth-order valence-corrected chi connectivity index (χ4v) is 3.22. The lowest BCUT2D eigenvalue weighted by molar-refractivity contribution is 0.0810. The van der Waals surface area contributed by atoms with Gasteiger partial charge in [-0.25, -0.2) is 4.39 Å². The third-order valence-corrected chi connectivity index (χ3v) is 4.24. The first-order valence-corrected chi connectivity index (χ1v) is 7.71. The fourth-order valence-electron chi connectivity index (χ4n) is 2.81. The van der Waals surface area contributed by atoms with Crippen molar-refractivity contribution in [3.8, 4) is 0 Å². The average molecular weight is 330 g/mol. The van der Waals surface area contributed by atoms with Gasteiger partial charge in [-0.2, -0.15) is 0 Å². The molecule has 106 valence electrons. The van der Waals surface area contributed by atoms with Gasteiger partial charge in [0.25, 0.3) is 0 Å². The summed E-state index contributed by atoms with van der Waals surface area (Å²) in [6.45, 7) is 3.44. The molecule has 0 bridgehead atoms. The van der Waals surface area contributed by atoms with Crippen LogP contribution >= 0.6 is 15.9 Å². The molecule has 0 saturated carbocycles. The van der Waals surface area contributed by atoms with Crippen LogP contribution in [0.3, 0.4) is 0 Å². The molecule has 0 spiro atoms. The Morgan fingerprint density at radius 3 is 3.00 bits per heavy atom. The second-order valence-corrected chi connectivity index (χ2v) is 6.36. The van der Waals surface area contributed by atoms with E-state index in [1.807, 2.05) is 13.0 Å². The Bertz CT molecular complexity index is 425. The lowest BCUT2D eigenvalue weighted by Crippen LogP contribution is -2.40. The van der Waals surface area contributed by atoms with E-state index >= 15 is 0 Å². The monoisotopic (exact) mass is 329 g/mol. The van der Waals surface area contributed by atoms with Crippen LogP contribution in [0.5, 0.6) is 0 Å². The number of aliphatic hydroxyl groups excluding tert-OH is 1. The SMILES string of the molecule is CC(O)CC1CCCCN1Cc1cc(Br)ccc1F. The highest BCUT2D eigenvalue weighted by molar-refractivity contribution is 9.10. The first-order chi connectivity index (χ1) is 9.06. The van der Waals surface area contributed by atoms with Crippen molar-refractivity contribution >= 4 is 15.9 Å². The zero-order valence-electron chi connectivity index (χ0n) is 11.3. The first kappa shape index (κ1) is 14.9. The van der Waals surface area contributed by atoms with Gasteiger partial charge in [0, 0.05) is 22.6 Å². The van der Waals surface area contributed by atoms with Crippen molar-refractivity contribution in [3.63, 3.8) is 0 Å². The summed E-state index contributed by atoms with van der Waals surface area (Å²) in [5.74, 6) is -0.149. The Labute approximate surface area is 122 Å². The van der Waals surface area contributed by atoms with Crippen LogP contribution in [0.4, 0.5) is 4.39 Å². The summed E-state index contributed by atoms with van der Waals surface area (Å²) in [4.78, 5) is 2.31. The van der Waals surface area contributed by atoms with E-state index in [4.69, 9.17) is 0 Å². The maximum atomic E-state index is 13.8. The zero-order chi connectivity index (χ0) is 13.8. The summed E-state index contributed by atoms with van der Waals surface area (Å²) in [7, 11) is 0. The summed E-state index contributed by atoms with van der Waals surface area (Å²) in [5, 5.41) is 9.58. The number of piperidine rings is 1. The van der Waals surface area contributed by atoms with Crippen molar-refractivity contribution in [2.75, 3.05) is 6.54 Å². The highest BCUT2D eigenvalue weighted by Gasteiger charge is 2.24.